The van der Waals surface area contributed by atoms with E-state index in [1.165, 1.54) is 16.7 Å². The molecule has 3 amide bonds. The molecule has 1 aliphatic rings. The predicted molar refractivity (Wildman–Crippen MR) is 106 cm³/mol. The van der Waals surface area contributed by atoms with E-state index in [1.807, 2.05) is 31.2 Å². The summed E-state index contributed by atoms with van der Waals surface area (Å²) in [5.74, 6) is 1.08. The van der Waals surface area contributed by atoms with Gasteiger partial charge in [0.15, 0.2) is 5.76 Å². The quantitative estimate of drug-likeness (QED) is 0.635. The summed E-state index contributed by atoms with van der Waals surface area (Å²) in [5, 5.41) is 2.91. The Hall–Kier alpha value is -3.35. The van der Waals surface area contributed by atoms with Crippen LogP contribution in [0.1, 0.15) is 42.8 Å². The van der Waals surface area contributed by atoms with Crippen LogP contribution >= 0.6 is 0 Å². The van der Waals surface area contributed by atoms with Gasteiger partial charge < -0.3 is 14.2 Å². The number of carbonyl (C=O) groups excluding carboxylic acids is 2. The zero-order valence-electron chi connectivity index (χ0n) is 16.7. The second kappa shape index (κ2) is 7.24. The number of rotatable bonds is 6. The van der Waals surface area contributed by atoms with Crippen molar-refractivity contribution in [2.75, 3.05) is 0 Å². The Morgan fingerprint density at radius 2 is 1.90 bits per heavy atom. The van der Waals surface area contributed by atoms with Crippen molar-refractivity contribution in [1.82, 2.24) is 15.2 Å². The summed E-state index contributed by atoms with van der Waals surface area (Å²) in [6, 6.07) is 10.9. The van der Waals surface area contributed by atoms with Gasteiger partial charge in [0.1, 0.15) is 17.0 Å². The van der Waals surface area contributed by atoms with Crippen LogP contribution in [0.5, 0.6) is 0 Å². The molecule has 1 N–H and O–H groups in total. The van der Waals surface area contributed by atoms with Gasteiger partial charge in [-0.1, -0.05) is 38.1 Å². The number of carbonyl (C=O) groups is 2. The molecule has 3 heterocycles. The molecule has 1 aliphatic heterocycles. The third kappa shape index (κ3) is 3.12. The maximum atomic E-state index is 13.3. The van der Waals surface area contributed by atoms with E-state index in [4.69, 9.17) is 8.83 Å². The van der Waals surface area contributed by atoms with Crippen LogP contribution < -0.4 is 5.32 Å². The fourth-order valence-electron chi connectivity index (χ4n) is 3.66. The average Bonchev–Trinajstić information content (AvgIpc) is 3.44. The lowest BCUT2D eigenvalue weighted by Gasteiger charge is -2.26. The van der Waals surface area contributed by atoms with Crippen molar-refractivity contribution < 1.29 is 18.4 Å². The van der Waals surface area contributed by atoms with Crippen LogP contribution in [0, 0.1) is 6.92 Å². The van der Waals surface area contributed by atoms with Gasteiger partial charge in [-0.15, -0.1) is 0 Å². The van der Waals surface area contributed by atoms with Crippen LogP contribution in [0.25, 0.3) is 11.7 Å². The molecule has 0 unspecified atom stereocenters. The van der Waals surface area contributed by atoms with Crippen LogP contribution in [0.2, 0.25) is 0 Å². The largest absolute Gasteiger partial charge is 0.459 e. The molecule has 1 saturated heterocycles. The number of oxazole rings is 1. The number of imide groups is 1. The molecule has 0 aliphatic carbocycles. The lowest BCUT2D eigenvalue weighted by Crippen LogP contribution is -2.43. The number of nitrogens with one attached hydrogen (secondary N) is 1. The molecule has 0 radical (unpaired) electrons. The highest BCUT2D eigenvalue weighted by atomic mass is 16.4. The van der Waals surface area contributed by atoms with E-state index in [2.05, 4.69) is 17.2 Å². The number of urea groups is 1. The second-order valence-electron chi connectivity index (χ2n) is 7.13. The number of furan rings is 1. The molecule has 2 aromatic heterocycles. The topological polar surface area (TPSA) is 88.6 Å². The minimum atomic E-state index is -1.06. The van der Waals surface area contributed by atoms with Gasteiger partial charge in [-0.25, -0.2) is 9.78 Å². The number of nitrogens with zero attached hydrogens (tertiary/aromatic N) is 2. The molecule has 1 fully saturated rings. The summed E-state index contributed by atoms with van der Waals surface area (Å²) < 4.78 is 11.0. The van der Waals surface area contributed by atoms with Gasteiger partial charge in [0, 0.05) is 0 Å². The number of aromatic nitrogens is 1. The van der Waals surface area contributed by atoms with Gasteiger partial charge in [0.05, 0.1) is 12.8 Å². The normalized spacial score (nSPS) is 19.1. The van der Waals surface area contributed by atoms with E-state index in [9.17, 15) is 9.59 Å². The molecular weight excluding hydrogens is 370 g/mol. The first-order valence-corrected chi connectivity index (χ1v) is 9.72. The Kier molecular flexibility index (Phi) is 4.74. The number of aryl methyl sites for hydroxylation is 2. The van der Waals surface area contributed by atoms with Crippen molar-refractivity contribution in [3.8, 4) is 11.7 Å². The molecule has 0 bridgehead atoms. The fourth-order valence-corrected chi connectivity index (χ4v) is 3.66. The molecule has 0 saturated carbocycles. The maximum Gasteiger partial charge on any atom is 0.325 e. The number of hydrogen-bond acceptors (Lipinski definition) is 5. The summed E-state index contributed by atoms with van der Waals surface area (Å²) in [7, 11) is 0. The lowest BCUT2D eigenvalue weighted by atomic mass is 9.86. The van der Waals surface area contributed by atoms with Gasteiger partial charge >= 0.3 is 6.03 Å². The first-order valence-electron chi connectivity index (χ1n) is 9.72. The molecular formula is C22H23N3O4. The van der Waals surface area contributed by atoms with E-state index in [-0.39, 0.29) is 12.5 Å². The molecule has 7 nitrogen and oxygen atoms in total. The maximum absolute atomic E-state index is 13.3. The van der Waals surface area contributed by atoms with Gasteiger partial charge in [0.2, 0.25) is 0 Å². The van der Waals surface area contributed by atoms with Crippen LogP contribution in [-0.2, 0) is 23.3 Å². The first kappa shape index (κ1) is 19.0. The number of amides is 3. The van der Waals surface area contributed by atoms with E-state index in [0.29, 0.717) is 29.5 Å². The van der Waals surface area contributed by atoms with Gasteiger partial charge in [-0.05, 0) is 43.0 Å². The summed E-state index contributed by atoms with van der Waals surface area (Å²) in [6.07, 6.45) is 2.90. The number of benzene rings is 1. The van der Waals surface area contributed by atoms with E-state index >= 15 is 0 Å². The molecule has 0 spiro atoms. The van der Waals surface area contributed by atoms with Crippen LogP contribution in [-0.4, -0.2) is 21.8 Å². The molecule has 1 atom stereocenters. The molecule has 3 aromatic rings. The van der Waals surface area contributed by atoms with Gasteiger partial charge in [-0.2, -0.15) is 0 Å². The van der Waals surface area contributed by atoms with Crippen LogP contribution in [0.3, 0.4) is 0 Å². The Morgan fingerprint density at radius 3 is 2.52 bits per heavy atom. The molecule has 150 valence electrons. The Balaban J connectivity index is 1.62. The SMILES string of the molecule is CCc1ccc([C@@]2(CC)NC(=O)N(Cc3nc(-c4ccco4)oc3C)C2=O)cc1. The van der Waals surface area contributed by atoms with E-state index < -0.39 is 11.6 Å². The monoisotopic (exact) mass is 393 g/mol. The van der Waals surface area contributed by atoms with Crippen molar-refractivity contribution in [3.05, 3.63) is 65.2 Å². The van der Waals surface area contributed by atoms with Gasteiger partial charge in [-0.3, -0.25) is 9.69 Å². The van der Waals surface area contributed by atoms with Crippen molar-refractivity contribution in [2.45, 2.75) is 45.7 Å². The second-order valence-corrected chi connectivity index (χ2v) is 7.13. The van der Waals surface area contributed by atoms with Crippen molar-refractivity contribution >= 4 is 11.9 Å². The highest BCUT2D eigenvalue weighted by Crippen LogP contribution is 2.34. The minimum absolute atomic E-state index is 0.0372. The highest BCUT2D eigenvalue weighted by Gasteiger charge is 2.51. The van der Waals surface area contributed by atoms with Crippen molar-refractivity contribution in [2.24, 2.45) is 0 Å². The molecule has 4 rings (SSSR count). The number of hydrogen-bond donors (Lipinski definition) is 1. The molecule has 1 aromatic carbocycles. The van der Waals surface area contributed by atoms with Gasteiger partial charge in [0.25, 0.3) is 11.8 Å². The summed E-state index contributed by atoms with van der Waals surface area (Å²) in [5.41, 5.74) is 1.42. The highest BCUT2D eigenvalue weighted by molar-refractivity contribution is 6.07. The summed E-state index contributed by atoms with van der Waals surface area (Å²) in [6.45, 7) is 5.76. The Bertz CT molecular complexity index is 1040. The van der Waals surface area contributed by atoms with Crippen LogP contribution in [0.4, 0.5) is 4.79 Å². The summed E-state index contributed by atoms with van der Waals surface area (Å²) in [4.78, 5) is 31.7. The Labute approximate surface area is 168 Å². The predicted octanol–water partition coefficient (Wildman–Crippen LogP) is 4.16. The Morgan fingerprint density at radius 1 is 1.14 bits per heavy atom. The lowest BCUT2D eigenvalue weighted by molar-refractivity contribution is -0.132. The van der Waals surface area contributed by atoms with E-state index in [0.717, 1.165) is 12.0 Å². The smallest absolute Gasteiger partial charge is 0.325 e. The standard InChI is InChI=1S/C22H23N3O4/c1-4-15-8-10-16(11-9-15)22(5-2)20(26)25(21(27)24-22)13-17-14(3)29-19(23-17)18-7-6-12-28-18/h6-12H,4-5,13H2,1-3H3,(H,24,27)/t22-/m1/s1. The van der Waals surface area contributed by atoms with Crippen molar-refractivity contribution in [1.29, 1.82) is 0 Å². The average molecular weight is 393 g/mol. The van der Waals surface area contributed by atoms with E-state index in [1.54, 1.807) is 19.1 Å². The summed E-state index contributed by atoms with van der Waals surface area (Å²) >= 11 is 0. The van der Waals surface area contributed by atoms with Crippen molar-refractivity contribution in [3.63, 3.8) is 0 Å². The molecule has 7 heteroatoms. The fraction of sp³-hybridized carbons (Fsp3) is 0.318. The third-order valence-corrected chi connectivity index (χ3v) is 5.49. The zero-order valence-corrected chi connectivity index (χ0v) is 16.7. The van der Waals surface area contributed by atoms with Crippen LogP contribution in [0.15, 0.2) is 51.5 Å². The first-order chi connectivity index (χ1) is 14.0. The molecule has 29 heavy (non-hydrogen) atoms. The third-order valence-electron chi connectivity index (χ3n) is 5.49. The zero-order chi connectivity index (χ0) is 20.6. The minimum Gasteiger partial charge on any atom is -0.459 e.